The van der Waals surface area contributed by atoms with Crippen molar-refractivity contribution in [1.29, 1.82) is 0 Å². The van der Waals surface area contributed by atoms with Crippen LogP contribution in [-0.2, 0) is 63.1 Å². The van der Waals surface area contributed by atoms with E-state index in [1.165, 1.54) is 5.56 Å². The molecule has 5 atom stereocenters. The molecule has 0 unspecified atom stereocenters. The minimum atomic E-state index is -0.568. The first kappa shape index (κ1) is 43.7. The van der Waals surface area contributed by atoms with Crippen LogP contribution in [0.15, 0.2) is 193 Å². The van der Waals surface area contributed by atoms with Crippen molar-refractivity contribution in [3.05, 3.63) is 237 Å². The molecule has 0 N–H and O–H groups in total. The molecule has 9 rings (SSSR count). The summed E-state index contributed by atoms with van der Waals surface area (Å²) in [5.41, 5.74) is 9.93. The predicted molar refractivity (Wildman–Crippen MR) is 255 cm³/mol. The van der Waals surface area contributed by atoms with Gasteiger partial charge in [-0.1, -0.05) is 186 Å². The molecule has 7 aromatic carbocycles. The van der Waals surface area contributed by atoms with Gasteiger partial charge in [-0.15, -0.1) is 0 Å². The summed E-state index contributed by atoms with van der Waals surface area (Å²) < 4.78 is 42.3. The SMILES string of the molecule is Brc1cccc([C@@H]2O[C@H](COCc3ccccc3)[C@@H](OCc3ccccc3)[C@H](OCc3ccccc3)[C@H]2OCc2ccccc2)c1Cc1ccc2c(c1)N(Cc1ccccc1)CCO2. The zero-order chi connectivity index (χ0) is 43.3. The third-order valence-corrected chi connectivity index (χ3v) is 12.7. The van der Waals surface area contributed by atoms with E-state index < -0.39 is 30.5 Å². The molecule has 7 nitrogen and oxygen atoms in total. The van der Waals surface area contributed by atoms with Crippen molar-refractivity contribution in [2.24, 2.45) is 0 Å². The van der Waals surface area contributed by atoms with Crippen molar-refractivity contribution in [1.82, 2.24) is 0 Å². The first-order chi connectivity index (χ1) is 31.6. The van der Waals surface area contributed by atoms with Crippen molar-refractivity contribution in [3.63, 3.8) is 0 Å². The number of halogens is 1. The summed E-state index contributed by atoms with van der Waals surface area (Å²) in [6.07, 6.45) is -2.06. The number of ether oxygens (including phenoxy) is 6. The number of benzene rings is 7. The second-order valence-corrected chi connectivity index (χ2v) is 17.3. The summed E-state index contributed by atoms with van der Waals surface area (Å²) in [6.45, 7) is 4.10. The standard InChI is InChI=1S/C56H54BrNO6/c57-49-28-16-27-47(48(49)33-46-29-30-51-50(34-46)58(31-32-60-51)35-41-17-6-1-7-18-41)53-55(62-38-44-23-12-4-13-24-44)56(63-39-45-25-14-5-15-26-45)54(61-37-43-21-10-3-11-22-43)52(64-53)40-59-36-42-19-8-2-9-20-42/h1-30,34,52-56H,31-33,35-40H2/t52-,53+,54-,55+,56+/m1/s1. The van der Waals surface area contributed by atoms with Crippen molar-refractivity contribution in [3.8, 4) is 5.75 Å². The fourth-order valence-electron chi connectivity index (χ4n) is 8.67. The van der Waals surface area contributed by atoms with E-state index in [4.69, 9.17) is 28.4 Å². The van der Waals surface area contributed by atoms with Gasteiger partial charge >= 0.3 is 0 Å². The Hall–Kier alpha value is -5.58. The molecule has 0 saturated carbocycles. The highest BCUT2D eigenvalue weighted by atomic mass is 79.9. The van der Waals surface area contributed by atoms with Gasteiger partial charge in [0.25, 0.3) is 0 Å². The van der Waals surface area contributed by atoms with E-state index >= 15 is 0 Å². The van der Waals surface area contributed by atoms with Gasteiger partial charge < -0.3 is 33.3 Å². The smallest absolute Gasteiger partial charge is 0.142 e. The first-order valence-electron chi connectivity index (χ1n) is 22.2. The second-order valence-electron chi connectivity index (χ2n) is 16.4. The lowest BCUT2D eigenvalue weighted by Gasteiger charge is -2.47. The summed E-state index contributed by atoms with van der Waals surface area (Å²) in [6, 6.07) is 64.6. The van der Waals surface area contributed by atoms with Gasteiger partial charge in [0.15, 0.2) is 0 Å². The molecule has 0 radical (unpaired) electrons. The molecule has 0 spiro atoms. The largest absolute Gasteiger partial charge is 0.490 e. The Morgan fingerprint density at radius 3 is 1.64 bits per heavy atom. The lowest BCUT2D eigenvalue weighted by molar-refractivity contribution is -0.275. The van der Waals surface area contributed by atoms with Crippen molar-refractivity contribution < 1.29 is 28.4 Å². The van der Waals surface area contributed by atoms with Crippen LogP contribution in [0.25, 0.3) is 0 Å². The fourth-order valence-corrected chi connectivity index (χ4v) is 9.19. The summed E-state index contributed by atoms with van der Waals surface area (Å²) in [5, 5.41) is 0. The zero-order valence-corrected chi connectivity index (χ0v) is 37.5. The summed E-state index contributed by atoms with van der Waals surface area (Å²) in [7, 11) is 0. The summed E-state index contributed by atoms with van der Waals surface area (Å²) in [4.78, 5) is 2.42. The van der Waals surface area contributed by atoms with E-state index in [-0.39, 0.29) is 6.61 Å². The van der Waals surface area contributed by atoms with Crippen LogP contribution in [0.4, 0.5) is 5.69 Å². The maximum Gasteiger partial charge on any atom is 0.142 e. The molecule has 1 fully saturated rings. The second kappa shape index (κ2) is 21.9. The summed E-state index contributed by atoms with van der Waals surface area (Å²) >= 11 is 4.01. The van der Waals surface area contributed by atoms with Crippen molar-refractivity contribution in [2.45, 2.75) is 69.9 Å². The van der Waals surface area contributed by atoms with E-state index in [0.717, 1.165) is 67.9 Å². The number of hydrogen-bond acceptors (Lipinski definition) is 7. The van der Waals surface area contributed by atoms with Crippen LogP contribution in [0, 0.1) is 0 Å². The van der Waals surface area contributed by atoms with Gasteiger partial charge in [0.2, 0.25) is 0 Å². The lowest BCUT2D eigenvalue weighted by Crippen LogP contribution is -2.58. The Morgan fingerprint density at radius 1 is 0.516 bits per heavy atom. The van der Waals surface area contributed by atoms with Gasteiger partial charge in [0, 0.05) is 11.0 Å². The molecule has 8 heteroatoms. The molecule has 0 aliphatic carbocycles. The van der Waals surface area contributed by atoms with Gasteiger partial charge in [0.05, 0.1) is 45.3 Å². The zero-order valence-electron chi connectivity index (χ0n) is 35.9. The fraction of sp³-hybridized carbons (Fsp3) is 0.250. The molecule has 326 valence electrons. The molecule has 2 aliphatic heterocycles. The van der Waals surface area contributed by atoms with Gasteiger partial charge in [-0.05, 0) is 69.1 Å². The van der Waals surface area contributed by atoms with Gasteiger partial charge in [0.1, 0.15) is 42.9 Å². The Kier molecular flexibility index (Phi) is 14.9. The van der Waals surface area contributed by atoms with Crippen LogP contribution < -0.4 is 9.64 Å². The Labute approximate surface area is 385 Å². The van der Waals surface area contributed by atoms with E-state index in [0.29, 0.717) is 39.5 Å². The Balaban J connectivity index is 1.09. The third kappa shape index (κ3) is 11.2. The normalized spacial score (nSPS) is 19.5. The summed E-state index contributed by atoms with van der Waals surface area (Å²) in [5.74, 6) is 0.904. The van der Waals surface area contributed by atoms with Gasteiger partial charge in [-0.25, -0.2) is 0 Å². The highest BCUT2D eigenvalue weighted by Gasteiger charge is 2.49. The minimum absolute atomic E-state index is 0.285. The van der Waals surface area contributed by atoms with Crippen LogP contribution in [0.3, 0.4) is 0 Å². The van der Waals surface area contributed by atoms with Crippen LogP contribution in [0.1, 0.15) is 50.6 Å². The van der Waals surface area contributed by atoms with Crippen LogP contribution in [-0.4, -0.2) is 44.2 Å². The number of nitrogens with zero attached hydrogens (tertiary/aromatic N) is 1. The van der Waals surface area contributed by atoms with Gasteiger partial charge in [-0.2, -0.15) is 0 Å². The average molecular weight is 917 g/mol. The maximum atomic E-state index is 7.40. The van der Waals surface area contributed by atoms with Crippen molar-refractivity contribution >= 4 is 21.6 Å². The van der Waals surface area contributed by atoms with E-state index in [1.807, 2.05) is 72.8 Å². The van der Waals surface area contributed by atoms with Gasteiger partial charge in [-0.3, -0.25) is 0 Å². The molecule has 2 heterocycles. The molecule has 0 bridgehead atoms. The molecular weight excluding hydrogens is 863 g/mol. The molecule has 7 aromatic rings. The van der Waals surface area contributed by atoms with E-state index in [1.54, 1.807) is 0 Å². The number of hydrogen-bond donors (Lipinski definition) is 0. The molecule has 2 aliphatic rings. The molecule has 64 heavy (non-hydrogen) atoms. The molecule has 0 amide bonds. The van der Waals surface area contributed by atoms with E-state index in [9.17, 15) is 0 Å². The topological polar surface area (TPSA) is 58.6 Å². The number of fused-ring (bicyclic) bond motifs is 1. The van der Waals surface area contributed by atoms with E-state index in [2.05, 4.69) is 136 Å². The first-order valence-corrected chi connectivity index (χ1v) is 23.0. The maximum absolute atomic E-state index is 7.40. The highest BCUT2D eigenvalue weighted by molar-refractivity contribution is 9.10. The Morgan fingerprint density at radius 2 is 1.05 bits per heavy atom. The van der Waals surface area contributed by atoms with Crippen LogP contribution >= 0.6 is 15.9 Å². The quantitative estimate of drug-likeness (QED) is 0.0850. The van der Waals surface area contributed by atoms with Crippen LogP contribution in [0.5, 0.6) is 5.75 Å². The van der Waals surface area contributed by atoms with Crippen LogP contribution in [0.2, 0.25) is 0 Å². The predicted octanol–water partition coefficient (Wildman–Crippen LogP) is 11.9. The highest BCUT2D eigenvalue weighted by Crippen LogP contribution is 2.42. The molecule has 0 aromatic heterocycles. The third-order valence-electron chi connectivity index (χ3n) is 11.9. The number of rotatable bonds is 18. The number of anilines is 1. The molecular formula is C56H54BrNO6. The molecule has 1 saturated heterocycles. The lowest BCUT2D eigenvalue weighted by atomic mass is 9.87. The monoisotopic (exact) mass is 915 g/mol. The Bertz CT molecular complexity index is 2490. The minimum Gasteiger partial charge on any atom is -0.490 e. The van der Waals surface area contributed by atoms with Crippen molar-refractivity contribution in [2.75, 3.05) is 24.7 Å². The average Bonchev–Trinajstić information content (AvgIpc) is 3.35.